The molecular weight excluding hydrogens is 320 g/mol. The smallest absolute Gasteiger partial charge is 0.332 e. The number of hydrogen-bond acceptors (Lipinski definition) is 5. The highest BCUT2D eigenvalue weighted by Crippen LogP contribution is 2.31. The highest BCUT2D eigenvalue weighted by molar-refractivity contribution is 6.54. The number of nitrogen functional groups attached to an aromatic ring is 1. The van der Waals surface area contributed by atoms with Crippen LogP contribution in [0.25, 0.3) is 0 Å². The van der Waals surface area contributed by atoms with E-state index in [0.29, 0.717) is 29.9 Å². The Morgan fingerprint density at radius 3 is 2.48 bits per heavy atom. The van der Waals surface area contributed by atoms with E-state index in [9.17, 15) is 9.59 Å². The van der Waals surface area contributed by atoms with Crippen LogP contribution in [0.3, 0.4) is 0 Å². The number of nitrogens with one attached hydrogen (secondary N) is 1. The van der Waals surface area contributed by atoms with Gasteiger partial charge in [-0.25, -0.2) is 10.2 Å². The number of primary amides is 1. The summed E-state index contributed by atoms with van der Waals surface area (Å²) in [5.41, 5.74) is 15.0. The number of rotatable bonds is 6. The maximum atomic E-state index is 12.8. The first-order valence-corrected chi connectivity index (χ1v) is 8.33. The summed E-state index contributed by atoms with van der Waals surface area (Å²) in [5, 5.41) is 3.87. The summed E-state index contributed by atoms with van der Waals surface area (Å²) in [6, 6.07) is 5.13. The predicted octanol–water partition coefficient (Wildman–Crippen LogP) is 1.11. The van der Waals surface area contributed by atoms with Crippen LogP contribution in [0, 0.1) is 0 Å². The lowest BCUT2D eigenvalue weighted by molar-refractivity contribution is -0.112. The molecule has 8 nitrogen and oxygen atoms in total. The molecule has 0 spiro atoms. The van der Waals surface area contributed by atoms with Crippen LogP contribution in [0.15, 0.2) is 23.3 Å². The van der Waals surface area contributed by atoms with Crippen molar-refractivity contribution >= 4 is 29.0 Å². The maximum absolute atomic E-state index is 12.8. The van der Waals surface area contributed by atoms with Crippen LogP contribution < -0.4 is 21.8 Å². The number of fused-ring (bicyclic) bond motifs is 1. The first kappa shape index (κ1) is 18.7. The van der Waals surface area contributed by atoms with Gasteiger partial charge < -0.3 is 16.4 Å². The van der Waals surface area contributed by atoms with E-state index in [1.54, 1.807) is 23.1 Å². The minimum Gasteiger partial charge on any atom is -0.399 e. The normalized spacial score (nSPS) is 15.6. The highest BCUT2D eigenvalue weighted by atomic mass is 16.2. The van der Waals surface area contributed by atoms with Crippen LogP contribution in [-0.2, 0) is 4.79 Å². The predicted molar refractivity (Wildman–Crippen MR) is 99.4 cm³/mol. The number of nitrogens with two attached hydrogens (primary N) is 2. The lowest BCUT2D eigenvalue weighted by Gasteiger charge is -2.32. The SMILES string of the molecule is CC(C)N(CCN1C(=O)/C(=N/NC(N)=O)c2cc(N)ccc21)C(C)C. The molecule has 1 aliphatic heterocycles. The van der Waals surface area contributed by atoms with Gasteiger partial charge in [-0.05, 0) is 45.9 Å². The van der Waals surface area contributed by atoms with E-state index < -0.39 is 6.03 Å². The molecule has 136 valence electrons. The van der Waals surface area contributed by atoms with Crippen molar-refractivity contribution in [3.05, 3.63) is 23.8 Å². The Kier molecular flexibility index (Phi) is 5.63. The molecule has 1 aromatic rings. The summed E-state index contributed by atoms with van der Waals surface area (Å²) in [7, 11) is 0. The standard InChI is InChI=1S/C17H26N6O2/c1-10(2)22(11(3)4)7-8-23-14-6-5-12(18)9-13(14)15(16(23)24)20-21-17(19)25/h5-6,9-11H,7-8,18H2,1-4H3,(H3,19,21,25)/b20-15+. The molecule has 0 atom stereocenters. The maximum Gasteiger partial charge on any atom is 0.332 e. The zero-order valence-corrected chi connectivity index (χ0v) is 15.1. The van der Waals surface area contributed by atoms with E-state index >= 15 is 0 Å². The van der Waals surface area contributed by atoms with Crippen LogP contribution in [0.2, 0.25) is 0 Å². The largest absolute Gasteiger partial charge is 0.399 e. The van der Waals surface area contributed by atoms with Gasteiger partial charge in [0.15, 0.2) is 5.71 Å². The van der Waals surface area contributed by atoms with Crippen molar-refractivity contribution in [3.8, 4) is 0 Å². The van der Waals surface area contributed by atoms with Gasteiger partial charge in [-0.3, -0.25) is 9.69 Å². The van der Waals surface area contributed by atoms with Crippen molar-refractivity contribution in [3.63, 3.8) is 0 Å². The third-order valence-corrected chi connectivity index (χ3v) is 4.20. The molecule has 1 aromatic carbocycles. The average Bonchev–Trinajstić information content (AvgIpc) is 2.76. The summed E-state index contributed by atoms with van der Waals surface area (Å²) in [6.45, 7) is 9.76. The minimum absolute atomic E-state index is 0.141. The molecule has 0 saturated heterocycles. The number of nitrogens with zero attached hydrogens (tertiary/aromatic N) is 3. The summed E-state index contributed by atoms with van der Waals surface area (Å²) in [5.74, 6) is -0.276. The fourth-order valence-electron chi connectivity index (χ4n) is 3.10. The zero-order valence-electron chi connectivity index (χ0n) is 15.1. The zero-order chi connectivity index (χ0) is 18.7. The van der Waals surface area contributed by atoms with Crippen LogP contribution in [0.1, 0.15) is 33.3 Å². The molecule has 0 unspecified atom stereocenters. The Morgan fingerprint density at radius 2 is 1.92 bits per heavy atom. The summed E-state index contributed by atoms with van der Waals surface area (Å²) in [4.78, 5) is 27.7. The number of carbonyl (C=O) groups excluding carboxylic acids is 2. The van der Waals surface area contributed by atoms with E-state index in [1.807, 2.05) is 0 Å². The van der Waals surface area contributed by atoms with Crippen LogP contribution in [-0.4, -0.2) is 47.7 Å². The fourth-order valence-corrected chi connectivity index (χ4v) is 3.10. The van der Waals surface area contributed by atoms with Gasteiger partial charge in [-0.1, -0.05) is 0 Å². The number of carbonyl (C=O) groups is 2. The minimum atomic E-state index is -0.824. The second-order valence-electron chi connectivity index (χ2n) is 6.60. The average molecular weight is 346 g/mol. The van der Waals surface area contributed by atoms with Crippen molar-refractivity contribution in [1.82, 2.24) is 10.3 Å². The molecule has 0 fully saturated rings. The monoisotopic (exact) mass is 346 g/mol. The van der Waals surface area contributed by atoms with Gasteiger partial charge in [0.05, 0.1) is 5.69 Å². The van der Waals surface area contributed by atoms with E-state index in [1.165, 1.54) is 0 Å². The first-order valence-electron chi connectivity index (χ1n) is 8.33. The van der Waals surface area contributed by atoms with E-state index in [4.69, 9.17) is 11.5 Å². The van der Waals surface area contributed by atoms with Gasteiger partial charge in [0.2, 0.25) is 0 Å². The molecule has 0 saturated carbocycles. The molecule has 1 heterocycles. The van der Waals surface area contributed by atoms with Gasteiger partial charge in [0, 0.05) is 36.4 Å². The van der Waals surface area contributed by atoms with Crippen molar-refractivity contribution in [2.24, 2.45) is 10.8 Å². The van der Waals surface area contributed by atoms with Crippen molar-refractivity contribution in [2.75, 3.05) is 23.7 Å². The molecule has 0 aliphatic carbocycles. The fraction of sp³-hybridized carbons (Fsp3) is 0.471. The van der Waals surface area contributed by atoms with Gasteiger partial charge >= 0.3 is 6.03 Å². The third kappa shape index (κ3) is 4.08. The summed E-state index contributed by atoms with van der Waals surface area (Å²) in [6.07, 6.45) is 0. The van der Waals surface area contributed by atoms with Gasteiger partial charge in [0.1, 0.15) is 0 Å². The van der Waals surface area contributed by atoms with E-state index in [2.05, 4.69) is 43.1 Å². The summed E-state index contributed by atoms with van der Waals surface area (Å²) >= 11 is 0. The van der Waals surface area contributed by atoms with Crippen LogP contribution in [0.4, 0.5) is 16.2 Å². The first-order chi connectivity index (χ1) is 11.7. The number of hydrazone groups is 1. The van der Waals surface area contributed by atoms with Gasteiger partial charge in [-0.15, -0.1) is 0 Å². The molecule has 1 aliphatic rings. The second-order valence-corrected chi connectivity index (χ2v) is 6.60. The second kappa shape index (κ2) is 7.52. The van der Waals surface area contributed by atoms with E-state index in [0.717, 1.165) is 12.2 Å². The molecule has 0 aromatic heterocycles. The van der Waals surface area contributed by atoms with Crippen molar-refractivity contribution in [2.45, 2.75) is 39.8 Å². The van der Waals surface area contributed by atoms with Crippen molar-refractivity contribution < 1.29 is 9.59 Å². The Bertz CT molecular complexity index is 690. The van der Waals surface area contributed by atoms with Gasteiger partial charge in [-0.2, -0.15) is 5.10 Å². The molecule has 25 heavy (non-hydrogen) atoms. The highest BCUT2D eigenvalue weighted by Gasteiger charge is 2.34. The lowest BCUT2D eigenvalue weighted by atomic mass is 10.1. The Morgan fingerprint density at radius 1 is 1.28 bits per heavy atom. The quantitative estimate of drug-likeness (QED) is 0.528. The molecule has 0 bridgehead atoms. The molecular formula is C17H26N6O2. The topological polar surface area (TPSA) is 117 Å². The van der Waals surface area contributed by atoms with Crippen LogP contribution in [0.5, 0.6) is 0 Å². The summed E-state index contributed by atoms with van der Waals surface area (Å²) < 4.78 is 0. The molecule has 8 heteroatoms. The number of anilines is 2. The molecule has 5 N–H and O–H groups in total. The molecule has 0 radical (unpaired) electrons. The lowest BCUT2D eigenvalue weighted by Crippen LogP contribution is -2.44. The number of amides is 3. The molecule has 3 amide bonds. The number of urea groups is 1. The Hall–Kier alpha value is -2.61. The van der Waals surface area contributed by atoms with Gasteiger partial charge in [0.25, 0.3) is 5.91 Å². The van der Waals surface area contributed by atoms with Crippen molar-refractivity contribution in [1.29, 1.82) is 0 Å². The number of benzene rings is 1. The van der Waals surface area contributed by atoms with Crippen LogP contribution >= 0.6 is 0 Å². The third-order valence-electron chi connectivity index (χ3n) is 4.20. The Labute approximate surface area is 147 Å². The number of hydrogen-bond donors (Lipinski definition) is 3. The van der Waals surface area contributed by atoms with E-state index in [-0.39, 0.29) is 11.6 Å². The Balaban J connectivity index is 2.29. The molecule has 2 rings (SSSR count).